The Labute approximate surface area is 172 Å². The number of hydrogen-bond donors (Lipinski definition) is 0. The van der Waals surface area contributed by atoms with E-state index < -0.39 is 0 Å². The largest absolute Gasteiger partial charge is 0.0720 e. The average Bonchev–Trinajstić information content (AvgIpc) is 3.12. The molecule has 0 N–H and O–H groups in total. The standard InChI is InChI=1S/C29H22/c1-3-10-22(11-4-1)18-20-24-14-9-17-27-25-15-7-8-16-26(25)28(29(24)27)21-19-23-12-5-2-6-13-23/h1-21,28H. The zero-order valence-corrected chi connectivity index (χ0v) is 16.2. The van der Waals surface area contributed by atoms with E-state index >= 15 is 0 Å². The molecule has 1 unspecified atom stereocenters. The second-order valence-corrected chi connectivity index (χ2v) is 7.39. The summed E-state index contributed by atoms with van der Waals surface area (Å²) in [6.45, 7) is 0. The second-order valence-electron chi connectivity index (χ2n) is 7.39. The Bertz CT molecular complexity index is 1180. The van der Waals surface area contributed by atoms with Crippen molar-refractivity contribution >= 4 is 18.2 Å². The first-order chi connectivity index (χ1) is 14.4. The second kappa shape index (κ2) is 7.77. The minimum absolute atomic E-state index is 0.262. The molecule has 0 saturated carbocycles. The summed E-state index contributed by atoms with van der Waals surface area (Å²) in [5.41, 5.74) is 9.21. The molecule has 0 aromatic heterocycles. The zero-order valence-electron chi connectivity index (χ0n) is 16.2. The average molecular weight is 370 g/mol. The molecule has 0 heteroatoms. The van der Waals surface area contributed by atoms with Gasteiger partial charge >= 0.3 is 0 Å². The van der Waals surface area contributed by atoms with Gasteiger partial charge in [-0.1, -0.05) is 127 Å². The quantitative estimate of drug-likeness (QED) is 0.323. The highest BCUT2D eigenvalue weighted by atomic mass is 14.3. The smallest absolute Gasteiger partial charge is 0.0291 e. The molecule has 0 spiro atoms. The Hall–Kier alpha value is -3.64. The highest BCUT2D eigenvalue weighted by Crippen LogP contribution is 2.47. The summed E-state index contributed by atoms with van der Waals surface area (Å²) < 4.78 is 0. The van der Waals surface area contributed by atoms with Crippen LogP contribution in [0.1, 0.15) is 33.7 Å². The molecule has 0 radical (unpaired) electrons. The lowest BCUT2D eigenvalue weighted by molar-refractivity contribution is 1.07. The SMILES string of the molecule is C(=Cc1cccc2c1C(C=Cc1ccccc1)c1ccccc1-2)c1ccccc1. The third kappa shape index (κ3) is 3.46. The van der Waals surface area contributed by atoms with Gasteiger partial charge < -0.3 is 0 Å². The molecule has 0 fully saturated rings. The molecule has 0 heterocycles. The maximum absolute atomic E-state index is 2.35. The molecule has 138 valence electrons. The Kier molecular flexibility index (Phi) is 4.68. The summed E-state index contributed by atoms with van der Waals surface area (Å²) in [6, 6.07) is 36.5. The third-order valence-electron chi connectivity index (χ3n) is 5.57. The van der Waals surface area contributed by atoms with Crippen LogP contribution in [-0.4, -0.2) is 0 Å². The lowest BCUT2D eigenvalue weighted by atomic mass is 9.91. The highest BCUT2D eigenvalue weighted by molar-refractivity contribution is 5.86. The fraction of sp³-hybridized carbons (Fsp3) is 0.0345. The molecule has 0 bridgehead atoms. The summed E-state index contributed by atoms with van der Waals surface area (Å²) in [5.74, 6) is 0.262. The van der Waals surface area contributed by atoms with Crippen LogP contribution in [0.5, 0.6) is 0 Å². The highest BCUT2D eigenvalue weighted by Gasteiger charge is 2.28. The van der Waals surface area contributed by atoms with Crippen molar-refractivity contribution < 1.29 is 0 Å². The molecule has 1 aliphatic carbocycles. The van der Waals surface area contributed by atoms with Gasteiger partial charge in [0.2, 0.25) is 0 Å². The van der Waals surface area contributed by atoms with Crippen LogP contribution >= 0.6 is 0 Å². The van der Waals surface area contributed by atoms with E-state index in [0.717, 1.165) is 0 Å². The summed E-state index contributed by atoms with van der Waals surface area (Å²) in [5, 5.41) is 0. The van der Waals surface area contributed by atoms with Gasteiger partial charge in [0.25, 0.3) is 0 Å². The van der Waals surface area contributed by atoms with Crippen LogP contribution in [0, 0.1) is 0 Å². The van der Waals surface area contributed by atoms with Crippen molar-refractivity contribution in [2.45, 2.75) is 5.92 Å². The van der Waals surface area contributed by atoms with Gasteiger partial charge in [-0.05, 0) is 38.9 Å². The minimum Gasteiger partial charge on any atom is -0.0720 e. The molecular weight excluding hydrogens is 348 g/mol. The molecule has 5 rings (SSSR count). The third-order valence-corrected chi connectivity index (χ3v) is 5.57. The maximum Gasteiger partial charge on any atom is 0.0291 e. The zero-order chi connectivity index (χ0) is 19.5. The summed E-state index contributed by atoms with van der Waals surface area (Å²) in [6.07, 6.45) is 9.05. The van der Waals surface area contributed by atoms with E-state index in [1.807, 2.05) is 0 Å². The van der Waals surface area contributed by atoms with Crippen molar-refractivity contribution in [3.05, 3.63) is 137 Å². The molecule has 4 aromatic carbocycles. The fourth-order valence-electron chi connectivity index (χ4n) is 4.20. The predicted molar refractivity (Wildman–Crippen MR) is 125 cm³/mol. The van der Waals surface area contributed by atoms with Crippen molar-refractivity contribution in [2.75, 3.05) is 0 Å². The van der Waals surface area contributed by atoms with Gasteiger partial charge in [0.15, 0.2) is 0 Å². The van der Waals surface area contributed by atoms with E-state index in [-0.39, 0.29) is 5.92 Å². The van der Waals surface area contributed by atoms with Gasteiger partial charge in [-0.25, -0.2) is 0 Å². The van der Waals surface area contributed by atoms with Crippen LogP contribution in [-0.2, 0) is 0 Å². The Balaban J connectivity index is 1.60. The van der Waals surface area contributed by atoms with E-state index in [9.17, 15) is 0 Å². The van der Waals surface area contributed by atoms with Gasteiger partial charge in [0.1, 0.15) is 0 Å². The Morgan fingerprint density at radius 2 is 1.10 bits per heavy atom. The normalized spacial score (nSPS) is 15.0. The molecule has 1 aliphatic rings. The lowest BCUT2D eigenvalue weighted by Crippen LogP contribution is -1.95. The van der Waals surface area contributed by atoms with Crippen molar-refractivity contribution in [3.8, 4) is 11.1 Å². The monoisotopic (exact) mass is 370 g/mol. The maximum atomic E-state index is 2.35. The first-order valence-corrected chi connectivity index (χ1v) is 10.1. The molecule has 0 saturated heterocycles. The number of hydrogen-bond acceptors (Lipinski definition) is 0. The number of fused-ring (bicyclic) bond motifs is 3. The summed E-state index contributed by atoms with van der Waals surface area (Å²) >= 11 is 0. The van der Waals surface area contributed by atoms with Crippen LogP contribution in [0.3, 0.4) is 0 Å². The van der Waals surface area contributed by atoms with Crippen LogP contribution < -0.4 is 0 Å². The number of rotatable bonds is 4. The topological polar surface area (TPSA) is 0 Å². The Morgan fingerprint density at radius 1 is 0.483 bits per heavy atom. The van der Waals surface area contributed by atoms with Crippen LogP contribution in [0.15, 0.2) is 109 Å². The molecule has 0 aliphatic heterocycles. The first-order valence-electron chi connectivity index (χ1n) is 10.1. The predicted octanol–water partition coefficient (Wildman–Crippen LogP) is 7.68. The van der Waals surface area contributed by atoms with Gasteiger partial charge in [-0.3, -0.25) is 0 Å². The van der Waals surface area contributed by atoms with E-state index in [1.165, 1.54) is 38.9 Å². The molecule has 0 nitrogen and oxygen atoms in total. The molecule has 29 heavy (non-hydrogen) atoms. The van der Waals surface area contributed by atoms with Crippen LogP contribution in [0.2, 0.25) is 0 Å². The van der Waals surface area contributed by atoms with Gasteiger partial charge in [-0.15, -0.1) is 0 Å². The number of benzene rings is 4. The molecule has 4 aromatic rings. The first kappa shape index (κ1) is 17.5. The van der Waals surface area contributed by atoms with Crippen LogP contribution in [0.25, 0.3) is 29.4 Å². The number of allylic oxidation sites excluding steroid dienone is 1. The minimum atomic E-state index is 0.262. The summed E-state index contributed by atoms with van der Waals surface area (Å²) in [7, 11) is 0. The van der Waals surface area contributed by atoms with E-state index in [0.29, 0.717) is 0 Å². The van der Waals surface area contributed by atoms with E-state index in [1.54, 1.807) is 0 Å². The Morgan fingerprint density at radius 3 is 1.86 bits per heavy atom. The van der Waals surface area contributed by atoms with Crippen molar-refractivity contribution in [1.29, 1.82) is 0 Å². The molecule has 0 amide bonds. The lowest BCUT2D eigenvalue weighted by Gasteiger charge is -2.12. The van der Waals surface area contributed by atoms with E-state index in [2.05, 4.69) is 127 Å². The van der Waals surface area contributed by atoms with Gasteiger partial charge in [-0.2, -0.15) is 0 Å². The van der Waals surface area contributed by atoms with Crippen LogP contribution in [0.4, 0.5) is 0 Å². The van der Waals surface area contributed by atoms with Crippen molar-refractivity contribution in [2.24, 2.45) is 0 Å². The van der Waals surface area contributed by atoms with E-state index in [4.69, 9.17) is 0 Å². The van der Waals surface area contributed by atoms with Crippen molar-refractivity contribution in [1.82, 2.24) is 0 Å². The molecule has 1 atom stereocenters. The fourth-order valence-corrected chi connectivity index (χ4v) is 4.20. The van der Waals surface area contributed by atoms with Gasteiger partial charge in [0.05, 0.1) is 0 Å². The van der Waals surface area contributed by atoms with Gasteiger partial charge in [0, 0.05) is 5.92 Å². The summed E-state index contributed by atoms with van der Waals surface area (Å²) in [4.78, 5) is 0. The van der Waals surface area contributed by atoms with Crippen molar-refractivity contribution in [3.63, 3.8) is 0 Å². The molecular formula is C29H22.